The van der Waals surface area contributed by atoms with Crippen molar-refractivity contribution in [2.75, 3.05) is 13.4 Å². The van der Waals surface area contributed by atoms with Crippen molar-refractivity contribution in [1.29, 1.82) is 0 Å². The van der Waals surface area contributed by atoms with Crippen LogP contribution in [0.5, 0.6) is 23.0 Å². The number of carbonyl (C=O) groups excluding carboxylic acids is 2. The van der Waals surface area contributed by atoms with E-state index in [9.17, 15) is 9.59 Å². The molecule has 0 N–H and O–H groups in total. The molecule has 1 fully saturated rings. The maximum absolute atomic E-state index is 13.1. The third kappa shape index (κ3) is 5.68. The Morgan fingerprint density at radius 3 is 2.47 bits per heavy atom. The van der Waals surface area contributed by atoms with Gasteiger partial charge in [0.05, 0.1) is 28.1 Å². The van der Waals surface area contributed by atoms with E-state index in [0.29, 0.717) is 60.7 Å². The first kappa shape index (κ1) is 26.6. The molecule has 1 saturated heterocycles. The summed E-state index contributed by atoms with van der Waals surface area (Å²) in [4.78, 5) is 27.2. The topological polar surface area (TPSA) is 74.3 Å². The van der Waals surface area contributed by atoms with Gasteiger partial charge in [-0.1, -0.05) is 46.9 Å². The SMILES string of the molecule is CCOc1cc(/C=C2/SC(=O)N(Cc3cc4c(cc3Cl)OCO4)C2=O)ccc1OCc1ccc(Cl)c(Cl)c1. The van der Waals surface area contributed by atoms with Crippen molar-refractivity contribution >= 4 is 63.8 Å². The number of thioether (sulfide) groups is 1. The van der Waals surface area contributed by atoms with Crippen LogP contribution in [0.15, 0.2) is 53.4 Å². The lowest BCUT2D eigenvalue weighted by Gasteiger charge is -2.14. The summed E-state index contributed by atoms with van der Waals surface area (Å²) >= 11 is 19.3. The molecule has 0 saturated carbocycles. The van der Waals surface area contributed by atoms with Crippen LogP contribution in [0.25, 0.3) is 6.08 Å². The fraction of sp³-hybridized carbons (Fsp3) is 0.185. The minimum Gasteiger partial charge on any atom is -0.490 e. The summed E-state index contributed by atoms with van der Waals surface area (Å²) < 4.78 is 22.4. The van der Waals surface area contributed by atoms with E-state index >= 15 is 0 Å². The Morgan fingerprint density at radius 1 is 0.921 bits per heavy atom. The molecule has 11 heteroatoms. The molecule has 0 spiro atoms. The summed E-state index contributed by atoms with van der Waals surface area (Å²) in [6.45, 7) is 2.66. The van der Waals surface area contributed by atoms with Crippen molar-refractivity contribution in [3.05, 3.63) is 85.2 Å². The highest BCUT2D eigenvalue weighted by atomic mass is 35.5. The average Bonchev–Trinajstić information content (AvgIpc) is 3.45. The van der Waals surface area contributed by atoms with E-state index in [2.05, 4.69) is 0 Å². The van der Waals surface area contributed by atoms with E-state index in [1.807, 2.05) is 13.0 Å². The van der Waals surface area contributed by atoms with Crippen LogP contribution in [0.4, 0.5) is 4.79 Å². The molecule has 2 amide bonds. The third-order valence-electron chi connectivity index (χ3n) is 5.69. The van der Waals surface area contributed by atoms with Crippen molar-refractivity contribution in [2.24, 2.45) is 0 Å². The maximum atomic E-state index is 13.1. The van der Waals surface area contributed by atoms with E-state index < -0.39 is 5.91 Å². The molecule has 2 aliphatic heterocycles. The average molecular weight is 593 g/mol. The van der Waals surface area contributed by atoms with Gasteiger partial charge in [0, 0.05) is 11.1 Å². The quantitative estimate of drug-likeness (QED) is 0.250. The first-order valence-electron chi connectivity index (χ1n) is 11.5. The number of rotatable bonds is 8. The number of ether oxygens (including phenoxy) is 4. The number of halogens is 3. The van der Waals surface area contributed by atoms with Crippen LogP contribution in [-0.2, 0) is 17.9 Å². The van der Waals surface area contributed by atoms with Crippen molar-refractivity contribution in [3.63, 3.8) is 0 Å². The smallest absolute Gasteiger partial charge is 0.293 e. The largest absolute Gasteiger partial charge is 0.490 e. The summed E-state index contributed by atoms with van der Waals surface area (Å²) in [6, 6.07) is 13.9. The van der Waals surface area contributed by atoms with E-state index in [-0.39, 0.29) is 25.2 Å². The summed E-state index contributed by atoms with van der Waals surface area (Å²) in [5, 5.41) is 0.915. The molecule has 0 aromatic heterocycles. The Morgan fingerprint density at radius 2 is 1.71 bits per heavy atom. The predicted molar refractivity (Wildman–Crippen MR) is 147 cm³/mol. The molecule has 5 rings (SSSR count). The molecular weight excluding hydrogens is 573 g/mol. The van der Waals surface area contributed by atoms with E-state index in [1.54, 1.807) is 48.5 Å². The Bertz CT molecular complexity index is 1460. The van der Waals surface area contributed by atoms with E-state index in [4.69, 9.17) is 53.8 Å². The van der Waals surface area contributed by atoms with Gasteiger partial charge in [-0.2, -0.15) is 0 Å². The fourth-order valence-electron chi connectivity index (χ4n) is 3.83. The molecule has 2 heterocycles. The number of imide groups is 1. The van der Waals surface area contributed by atoms with Crippen LogP contribution in [0.1, 0.15) is 23.6 Å². The Balaban J connectivity index is 1.32. The maximum Gasteiger partial charge on any atom is 0.293 e. The molecule has 0 unspecified atom stereocenters. The van der Waals surface area contributed by atoms with E-state index in [0.717, 1.165) is 22.2 Å². The summed E-state index contributed by atoms with van der Waals surface area (Å²) in [5.41, 5.74) is 2.12. The number of carbonyl (C=O) groups is 2. The van der Waals surface area contributed by atoms with Crippen LogP contribution >= 0.6 is 46.6 Å². The number of amides is 2. The van der Waals surface area contributed by atoms with Gasteiger partial charge in [0.25, 0.3) is 11.1 Å². The number of nitrogens with zero attached hydrogens (tertiary/aromatic N) is 1. The van der Waals surface area contributed by atoms with Crippen LogP contribution in [-0.4, -0.2) is 29.4 Å². The van der Waals surface area contributed by atoms with Crippen molar-refractivity contribution < 1.29 is 28.5 Å². The number of benzene rings is 3. The minimum absolute atomic E-state index is 0.0170. The zero-order chi connectivity index (χ0) is 26.8. The molecule has 3 aromatic rings. The summed E-state index contributed by atoms with van der Waals surface area (Å²) in [7, 11) is 0. The van der Waals surface area contributed by atoms with Gasteiger partial charge in [0.1, 0.15) is 6.61 Å². The number of hydrogen-bond acceptors (Lipinski definition) is 7. The standard InChI is InChI=1S/C27H20Cl3NO6S/c1-2-34-22-8-15(4-6-21(22)35-13-16-3-5-18(28)20(30)7-16)9-25-26(32)31(27(33)38-25)12-17-10-23-24(11-19(17)29)37-14-36-23/h3-11H,2,12-14H2,1H3/b25-9+. The van der Waals surface area contributed by atoms with Crippen molar-refractivity contribution in [2.45, 2.75) is 20.1 Å². The molecule has 0 atom stereocenters. The first-order valence-corrected chi connectivity index (χ1v) is 13.4. The van der Waals surface area contributed by atoms with Gasteiger partial charge in [-0.15, -0.1) is 0 Å². The molecular formula is C27H20Cl3NO6S. The molecule has 0 radical (unpaired) electrons. The van der Waals surface area contributed by atoms with Crippen LogP contribution < -0.4 is 18.9 Å². The number of fused-ring (bicyclic) bond motifs is 1. The van der Waals surface area contributed by atoms with Gasteiger partial charge >= 0.3 is 0 Å². The highest BCUT2D eigenvalue weighted by Gasteiger charge is 2.35. The van der Waals surface area contributed by atoms with Crippen LogP contribution in [0, 0.1) is 0 Å². The molecule has 2 aliphatic rings. The van der Waals surface area contributed by atoms with Crippen LogP contribution in [0.3, 0.4) is 0 Å². The molecule has 0 aliphatic carbocycles. The predicted octanol–water partition coefficient (Wildman–Crippen LogP) is 7.59. The second-order valence-corrected chi connectivity index (χ2v) is 10.5. The highest BCUT2D eigenvalue weighted by Crippen LogP contribution is 2.40. The Hall–Kier alpha value is -3.04. The number of hydrogen-bond donors (Lipinski definition) is 0. The molecule has 196 valence electrons. The van der Waals surface area contributed by atoms with Crippen LogP contribution in [0.2, 0.25) is 15.1 Å². The van der Waals surface area contributed by atoms with Gasteiger partial charge in [0.2, 0.25) is 6.79 Å². The second-order valence-electron chi connectivity index (χ2n) is 8.24. The monoisotopic (exact) mass is 591 g/mol. The Labute approximate surface area is 238 Å². The molecule has 38 heavy (non-hydrogen) atoms. The third-order valence-corrected chi connectivity index (χ3v) is 7.69. The fourth-order valence-corrected chi connectivity index (χ4v) is 5.20. The molecule has 7 nitrogen and oxygen atoms in total. The van der Waals surface area contributed by atoms with Gasteiger partial charge in [-0.25, -0.2) is 0 Å². The van der Waals surface area contributed by atoms with Gasteiger partial charge < -0.3 is 18.9 Å². The molecule has 0 bridgehead atoms. The molecule has 3 aromatic carbocycles. The summed E-state index contributed by atoms with van der Waals surface area (Å²) in [6.07, 6.45) is 1.65. The minimum atomic E-state index is -0.411. The lowest BCUT2D eigenvalue weighted by atomic mass is 10.1. The van der Waals surface area contributed by atoms with Gasteiger partial charge in [0.15, 0.2) is 23.0 Å². The summed E-state index contributed by atoms with van der Waals surface area (Å²) in [5.74, 6) is 1.68. The Kier molecular flexibility index (Phi) is 7.95. The van der Waals surface area contributed by atoms with Crippen molar-refractivity contribution in [3.8, 4) is 23.0 Å². The first-order chi connectivity index (χ1) is 18.3. The van der Waals surface area contributed by atoms with Crippen molar-refractivity contribution in [1.82, 2.24) is 4.90 Å². The lowest BCUT2D eigenvalue weighted by molar-refractivity contribution is -0.123. The normalized spacial score (nSPS) is 15.5. The highest BCUT2D eigenvalue weighted by molar-refractivity contribution is 8.18. The van der Waals surface area contributed by atoms with E-state index in [1.165, 1.54) is 0 Å². The van der Waals surface area contributed by atoms with Gasteiger partial charge in [-0.05, 0) is 71.8 Å². The second kappa shape index (κ2) is 11.4. The lowest BCUT2D eigenvalue weighted by Crippen LogP contribution is -2.27. The zero-order valence-corrected chi connectivity index (χ0v) is 23.0. The zero-order valence-electron chi connectivity index (χ0n) is 20.0. The van der Waals surface area contributed by atoms with Gasteiger partial charge in [-0.3, -0.25) is 14.5 Å².